The van der Waals surface area contributed by atoms with E-state index in [0.29, 0.717) is 37.4 Å². The third kappa shape index (κ3) is 5.53. The zero-order valence-corrected chi connectivity index (χ0v) is 16.2. The summed E-state index contributed by atoms with van der Waals surface area (Å²) in [4.78, 5) is 29.8. The van der Waals surface area contributed by atoms with Gasteiger partial charge in [0.1, 0.15) is 12.4 Å². The maximum atomic E-state index is 12.9. The van der Waals surface area contributed by atoms with Gasteiger partial charge in [-0.1, -0.05) is 6.07 Å². The highest BCUT2D eigenvalue weighted by Crippen LogP contribution is 2.24. The van der Waals surface area contributed by atoms with E-state index in [0.717, 1.165) is 23.5 Å². The molecule has 2 aromatic rings. The Morgan fingerprint density at radius 3 is 3.00 bits per heavy atom. The highest BCUT2D eigenvalue weighted by molar-refractivity contribution is 7.09. The van der Waals surface area contributed by atoms with Crippen LogP contribution in [0.3, 0.4) is 0 Å². The zero-order chi connectivity index (χ0) is 19.2. The second-order valence-electron chi connectivity index (χ2n) is 6.87. The Morgan fingerprint density at radius 2 is 2.26 bits per heavy atom. The van der Waals surface area contributed by atoms with E-state index in [-0.39, 0.29) is 18.2 Å². The number of nitrogens with zero attached hydrogens (tertiary/aromatic N) is 2. The molecule has 1 saturated heterocycles. The van der Waals surface area contributed by atoms with Crippen molar-refractivity contribution in [3.05, 3.63) is 45.9 Å². The molecule has 1 unspecified atom stereocenters. The minimum atomic E-state index is -0.779. The van der Waals surface area contributed by atoms with Crippen LogP contribution in [0.1, 0.15) is 46.7 Å². The van der Waals surface area contributed by atoms with Crippen LogP contribution in [-0.2, 0) is 11.4 Å². The van der Waals surface area contributed by atoms with E-state index in [1.54, 1.807) is 23.5 Å². The van der Waals surface area contributed by atoms with Crippen molar-refractivity contribution in [1.82, 2.24) is 9.88 Å². The highest BCUT2D eigenvalue weighted by atomic mass is 32.1. The first-order valence-corrected chi connectivity index (χ1v) is 10.0. The fourth-order valence-electron chi connectivity index (χ4n) is 3.35. The molecule has 1 fully saturated rings. The summed E-state index contributed by atoms with van der Waals surface area (Å²) in [6.07, 6.45) is 2.67. The minimum absolute atomic E-state index is 0.0232. The molecule has 1 aromatic carbocycles. The summed E-state index contributed by atoms with van der Waals surface area (Å²) < 4.78 is 5.78. The molecule has 0 radical (unpaired) electrons. The van der Waals surface area contributed by atoms with Crippen molar-refractivity contribution in [2.24, 2.45) is 5.92 Å². The van der Waals surface area contributed by atoms with Crippen molar-refractivity contribution >= 4 is 23.2 Å². The van der Waals surface area contributed by atoms with Gasteiger partial charge in [0.2, 0.25) is 0 Å². The summed E-state index contributed by atoms with van der Waals surface area (Å²) in [6, 6.07) is 7.22. The second kappa shape index (κ2) is 8.99. The number of ether oxygens (including phenoxy) is 1. The van der Waals surface area contributed by atoms with Crippen LogP contribution in [0, 0.1) is 12.8 Å². The summed E-state index contributed by atoms with van der Waals surface area (Å²) in [5.41, 5.74) is 1.48. The SMILES string of the molecule is Cc1nc(COc2cccc(C(=O)N3CCCC(CCC(=O)O)C3)c2)cs1. The molecule has 0 saturated carbocycles. The molecule has 2 heterocycles. The van der Waals surface area contributed by atoms with Crippen LogP contribution in [-0.4, -0.2) is 40.0 Å². The van der Waals surface area contributed by atoms with Crippen LogP contribution in [0.4, 0.5) is 0 Å². The molecular formula is C20H24N2O4S. The van der Waals surface area contributed by atoms with Crippen LogP contribution in [0.2, 0.25) is 0 Å². The van der Waals surface area contributed by atoms with Gasteiger partial charge in [0.25, 0.3) is 5.91 Å². The zero-order valence-electron chi connectivity index (χ0n) is 15.4. The predicted octanol–water partition coefficient (Wildman–Crippen LogP) is 3.75. The number of carbonyl (C=O) groups is 2. The lowest BCUT2D eigenvalue weighted by Gasteiger charge is -2.32. The largest absolute Gasteiger partial charge is 0.487 e. The molecule has 1 N–H and O–H groups in total. The Kier molecular flexibility index (Phi) is 6.45. The number of hydrogen-bond donors (Lipinski definition) is 1. The molecule has 0 aliphatic carbocycles. The molecule has 27 heavy (non-hydrogen) atoms. The van der Waals surface area contributed by atoms with Gasteiger partial charge in [-0.15, -0.1) is 11.3 Å². The van der Waals surface area contributed by atoms with Crippen molar-refractivity contribution in [2.45, 2.75) is 39.2 Å². The lowest BCUT2D eigenvalue weighted by molar-refractivity contribution is -0.137. The molecule has 1 amide bonds. The van der Waals surface area contributed by atoms with Crippen LogP contribution >= 0.6 is 11.3 Å². The maximum Gasteiger partial charge on any atom is 0.303 e. The molecule has 1 atom stereocenters. The molecule has 7 heteroatoms. The number of rotatable bonds is 7. The van der Waals surface area contributed by atoms with Crippen LogP contribution in [0.15, 0.2) is 29.6 Å². The Hall–Kier alpha value is -2.41. The minimum Gasteiger partial charge on any atom is -0.487 e. The van der Waals surface area contributed by atoms with Gasteiger partial charge in [-0.05, 0) is 50.3 Å². The second-order valence-corrected chi connectivity index (χ2v) is 7.93. The Balaban J connectivity index is 1.59. The van der Waals surface area contributed by atoms with Crippen molar-refractivity contribution in [2.75, 3.05) is 13.1 Å². The number of hydrogen-bond acceptors (Lipinski definition) is 5. The first-order valence-electron chi connectivity index (χ1n) is 9.16. The van der Waals surface area contributed by atoms with Crippen LogP contribution in [0.25, 0.3) is 0 Å². The first kappa shape index (κ1) is 19.4. The number of aryl methyl sites for hydroxylation is 1. The fourth-order valence-corrected chi connectivity index (χ4v) is 3.94. The predicted molar refractivity (Wildman–Crippen MR) is 103 cm³/mol. The Labute approximate surface area is 162 Å². The third-order valence-corrected chi connectivity index (χ3v) is 5.53. The van der Waals surface area contributed by atoms with Crippen LogP contribution in [0.5, 0.6) is 5.75 Å². The average Bonchev–Trinajstić information content (AvgIpc) is 3.10. The number of carbonyl (C=O) groups excluding carboxylic acids is 1. The van der Waals surface area contributed by atoms with Crippen LogP contribution < -0.4 is 4.74 Å². The maximum absolute atomic E-state index is 12.9. The number of likely N-dealkylation sites (tertiary alicyclic amines) is 1. The molecular weight excluding hydrogens is 364 g/mol. The summed E-state index contributed by atoms with van der Waals surface area (Å²) in [6.45, 7) is 3.67. The van der Waals surface area contributed by atoms with Crippen molar-refractivity contribution in [3.63, 3.8) is 0 Å². The Morgan fingerprint density at radius 1 is 1.41 bits per heavy atom. The van der Waals surface area contributed by atoms with Crippen molar-refractivity contribution in [3.8, 4) is 5.75 Å². The molecule has 1 aromatic heterocycles. The van der Waals surface area contributed by atoms with E-state index < -0.39 is 5.97 Å². The summed E-state index contributed by atoms with van der Waals surface area (Å²) >= 11 is 1.58. The molecule has 3 rings (SSSR count). The molecule has 0 bridgehead atoms. The third-order valence-electron chi connectivity index (χ3n) is 4.71. The van der Waals surface area contributed by atoms with E-state index in [9.17, 15) is 9.59 Å². The fraction of sp³-hybridized carbons (Fsp3) is 0.450. The first-order chi connectivity index (χ1) is 13.0. The molecule has 6 nitrogen and oxygen atoms in total. The lowest BCUT2D eigenvalue weighted by atomic mass is 9.93. The van der Waals surface area contributed by atoms with Crippen molar-refractivity contribution in [1.29, 1.82) is 0 Å². The Bertz CT molecular complexity index is 805. The van der Waals surface area contributed by atoms with E-state index in [2.05, 4.69) is 4.98 Å². The summed E-state index contributed by atoms with van der Waals surface area (Å²) in [5.74, 6) is 0.0978. The molecule has 0 spiro atoms. The average molecular weight is 388 g/mol. The van der Waals surface area contributed by atoms with E-state index in [1.165, 1.54) is 0 Å². The lowest BCUT2D eigenvalue weighted by Crippen LogP contribution is -2.40. The monoisotopic (exact) mass is 388 g/mol. The summed E-state index contributed by atoms with van der Waals surface area (Å²) in [5, 5.41) is 11.8. The smallest absolute Gasteiger partial charge is 0.303 e. The number of carboxylic acid groups (broad SMARTS) is 1. The standard InChI is InChI=1S/C20H24N2O4S/c1-14-21-17(13-27-14)12-26-18-6-2-5-16(10-18)20(25)22-9-3-4-15(11-22)7-8-19(23)24/h2,5-6,10,13,15H,3-4,7-9,11-12H2,1H3,(H,23,24). The quantitative estimate of drug-likeness (QED) is 0.781. The number of piperidine rings is 1. The molecule has 144 valence electrons. The highest BCUT2D eigenvalue weighted by Gasteiger charge is 2.25. The topological polar surface area (TPSA) is 79.7 Å². The summed E-state index contributed by atoms with van der Waals surface area (Å²) in [7, 11) is 0. The number of carboxylic acids is 1. The van der Waals surface area contributed by atoms with Gasteiger partial charge < -0.3 is 14.7 Å². The van der Waals surface area contributed by atoms with Gasteiger partial charge in [0, 0.05) is 30.5 Å². The van der Waals surface area contributed by atoms with Gasteiger partial charge >= 0.3 is 5.97 Å². The number of thiazole rings is 1. The van der Waals surface area contributed by atoms with Gasteiger partial charge in [0.15, 0.2) is 0 Å². The van der Waals surface area contributed by atoms with E-state index in [1.807, 2.05) is 29.3 Å². The van der Waals surface area contributed by atoms with E-state index >= 15 is 0 Å². The van der Waals surface area contributed by atoms with Gasteiger partial charge in [0.05, 0.1) is 10.7 Å². The van der Waals surface area contributed by atoms with Gasteiger partial charge in [-0.25, -0.2) is 4.98 Å². The molecule has 1 aliphatic rings. The van der Waals surface area contributed by atoms with Gasteiger partial charge in [-0.2, -0.15) is 0 Å². The van der Waals surface area contributed by atoms with Crippen molar-refractivity contribution < 1.29 is 19.4 Å². The normalized spacial score (nSPS) is 16.9. The number of benzene rings is 1. The number of amides is 1. The van der Waals surface area contributed by atoms with E-state index in [4.69, 9.17) is 9.84 Å². The number of aromatic nitrogens is 1. The molecule has 1 aliphatic heterocycles. The number of aliphatic carboxylic acids is 1. The van der Waals surface area contributed by atoms with Gasteiger partial charge in [-0.3, -0.25) is 9.59 Å².